The van der Waals surface area contributed by atoms with Crippen LogP contribution in [0.25, 0.3) is 125 Å². The summed E-state index contributed by atoms with van der Waals surface area (Å²) < 4.78 is 0. The van der Waals surface area contributed by atoms with Gasteiger partial charge in [-0.2, -0.15) is 0 Å². The summed E-state index contributed by atoms with van der Waals surface area (Å²) in [6.07, 6.45) is 11.3. The molecule has 316 valence electrons. The monoisotopic (exact) mass is 860 g/mol. The van der Waals surface area contributed by atoms with E-state index in [9.17, 15) is 0 Å². The van der Waals surface area contributed by atoms with Gasteiger partial charge in [-0.25, -0.2) is 0 Å². The molecule has 0 amide bonds. The molecule has 0 fully saturated rings. The molecule has 0 aromatic heterocycles. The van der Waals surface area contributed by atoms with Crippen LogP contribution < -0.4 is 0 Å². The number of rotatable bonds is 5. The van der Waals surface area contributed by atoms with E-state index in [1.165, 1.54) is 153 Å². The normalized spacial score (nSPS) is 14.2. The van der Waals surface area contributed by atoms with Gasteiger partial charge in [-0.05, 0) is 197 Å². The maximum absolute atomic E-state index is 2.56. The molecule has 0 bridgehead atoms. The Balaban J connectivity index is 1.15. The molecule has 0 aliphatic heterocycles. The Morgan fingerprint density at radius 2 is 0.926 bits per heavy atom. The van der Waals surface area contributed by atoms with Gasteiger partial charge in [-0.1, -0.05) is 200 Å². The zero-order chi connectivity index (χ0) is 44.5. The van der Waals surface area contributed by atoms with Gasteiger partial charge in [-0.15, -0.1) is 0 Å². The smallest absolute Gasteiger partial charge is 0.000697 e. The molecule has 68 heavy (non-hydrogen) atoms. The Kier molecular flexibility index (Phi) is 8.12. The number of hydrogen-bond acceptors (Lipinski definition) is 0. The van der Waals surface area contributed by atoms with Crippen LogP contribution in [-0.4, -0.2) is 0 Å². The fourth-order valence-electron chi connectivity index (χ4n) is 13.0. The molecule has 2 aliphatic rings. The molecule has 0 radical (unpaired) electrons. The quantitative estimate of drug-likeness (QED) is 0.151. The van der Waals surface area contributed by atoms with Crippen LogP contribution >= 0.6 is 0 Å². The van der Waals surface area contributed by atoms with Gasteiger partial charge in [0.1, 0.15) is 0 Å². The molecule has 0 unspecified atom stereocenters. The minimum absolute atomic E-state index is 1.06. The molecule has 0 atom stereocenters. The SMILES string of the molecule is C1=CCCC(C2=C(c3ccc4c(c3)cc3c5c(-c6ccccc6)c6c(cc7c8ccccc8c8cccc6c87)c(-c6ccccc6-c6ccccc6)c5c5cccc4c53)c3ccccc3CC2)=C1. The summed E-state index contributed by atoms with van der Waals surface area (Å²) >= 11 is 0. The van der Waals surface area contributed by atoms with E-state index in [0.29, 0.717) is 0 Å². The Hall–Kier alpha value is -8.32. The van der Waals surface area contributed by atoms with E-state index in [1.54, 1.807) is 0 Å². The van der Waals surface area contributed by atoms with E-state index in [2.05, 4.69) is 218 Å². The highest BCUT2D eigenvalue weighted by molar-refractivity contribution is 6.46. The van der Waals surface area contributed by atoms with Gasteiger partial charge < -0.3 is 0 Å². The molecule has 15 rings (SSSR count). The van der Waals surface area contributed by atoms with Crippen molar-refractivity contribution in [3.05, 3.63) is 246 Å². The molecule has 0 saturated carbocycles. The molecule has 0 heterocycles. The van der Waals surface area contributed by atoms with Crippen molar-refractivity contribution < 1.29 is 0 Å². The molecule has 2 aliphatic carbocycles. The minimum atomic E-state index is 1.06. The zero-order valence-electron chi connectivity index (χ0n) is 37.6. The number of aryl methyl sites for hydroxylation is 1. The Morgan fingerprint density at radius 3 is 1.71 bits per heavy atom. The first kappa shape index (κ1) is 37.9. The molecular weight excluding hydrogens is 817 g/mol. The first-order valence-electron chi connectivity index (χ1n) is 24.4. The van der Waals surface area contributed by atoms with Crippen LogP contribution in [0, 0.1) is 0 Å². The lowest BCUT2D eigenvalue weighted by atomic mass is 9.78. The Morgan fingerprint density at radius 1 is 0.309 bits per heavy atom. The minimum Gasteiger partial charge on any atom is -0.0842 e. The summed E-state index contributed by atoms with van der Waals surface area (Å²) in [5, 5.41) is 21.1. The fraction of sp³-hybridized carbons (Fsp3) is 0.0588. The van der Waals surface area contributed by atoms with Gasteiger partial charge in [0.25, 0.3) is 0 Å². The Bertz CT molecular complexity index is 4330. The van der Waals surface area contributed by atoms with Crippen molar-refractivity contribution >= 4 is 91.8 Å². The third-order valence-electron chi connectivity index (χ3n) is 15.7. The van der Waals surface area contributed by atoms with Crippen LogP contribution in [0.5, 0.6) is 0 Å². The first-order chi connectivity index (χ1) is 33.8. The predicted octanol–water partition coefficient (Wildman–Crippen LogP) is 18.8. The average Bonchev–Trinajstić information content (AvgIpc) is 3.91. The topological polar surface area (TPSA) is 0 Å². The maximum Gasteiger partial charge on any atom is -0.000697 e. The van der Waals surface area contributed by atoms with Gasteiger partial charge >= 0.3 is 0 Å². The van der Waals surface area contributed by atoms with E-state index < -0.39 is 0 Å². The van der Waals surface area contributed by atoms with Gasteiger partial charge in [0.15, 0.2) is 0 Å². The summed E-state index contributed by atoms with van der Waals surface area (Å²) in [4.78, 5) is 0. The summed E-state index contributed by atoms with van der Waals surface area (Å²) in [7, 11) is 0. The second kappa shape index (κ2) is 14.6. The van der Waals surface area contributed by atoms with Crippen LogP contribution in [0.2, 0.25) is 0 Å². The predicted molar refractivity (Wildman–Crippen MR) is 292 cm³/mol. The highest BCUT2D eigenvalue weighted by atomic mass is 14.3. The third kappa shape index (κ3) is 5.32. The van der Waals surface area contributed by atoms with Crippen LogP contribution in [0.3, 0.4) is 0 Å². The lowest BCUT2D eigenvalue weighted by Crippen LogP contribution is -2.09. The van der Waals surface area contributed by atoms with E-state index in [-0.39, 0.29) is 0 Å². The van der Waals surface area contributed by atoms with E-state index in [1.807, 2.05) is 0 Å². The number of benzene rings is 11. The summed E-state index contributed by atoms with van der Waals surface area (Å²) in [5.74, 6) is 0. The zero-order valence-corrected chi connectivity index (χ0v) is 37.6. The Labute approximate surface area is 395 Å². The van der Waals surface area contributed by atoms with Crippen molar-refractivity contribution in [2.24, 2.45) is 0 Å². The lowest BCUT2D eigenvalue weighted by molar-refractivity contribution is 0.877. The van der Waals surface area contributed by atoms with E-state index in [0.717, 1.165) is 25.7 Å². The van der Waals surface area contributed by atoms with Gasteiger partial charge in [0.05, 0.1) is 0 Å². The first-order valence-corrected chi connectivity index (χ1v) is 24.4. The number of hydrogen-bond donors (Lipinski definition) is 0. The van der Waals surface area contributed by atoms with Gasteiger partial charge in [-0.3, -0.25) is 0 Å². The van der Waals surface area contributed by atoms with Gasteiger partial charge in [0, 0.05) is 0 Å². The third-order valence-corrected chi connectivity index (χ3v) is 15.7. The average molecular weight is 861 g/mol. The largest absolute Gasteiger partial charge is 0.0842 e. The van der Waals surface area contributed by atoms with Crippen LogP contribution in [0.1, 0.15) is 36.0 Å². The van der Waals surface area contributed by atoms with Crippen molar-refractivity contribution in [1.82, 2.24) is 0 Å². The van der Waals surface area contributed by atoms with Gasteiger partial charge in [0.2, 0.25) is 0 Å². The highest BCUT2D eigenvalue weighted by Crippen LogP contribution is 2.56. The van der Waals surface area contributed by atoms with E-state index >= 15 is 0 Å². The van der Waals surface area contributed by atoms with Crippen molar-refractivity contribution in [3.8, 4) is 33.4 Å². The van der Waals surface area contributed by atoms with Crippen molar-refractivity contribution in [2.75, 3.05) is 0 Å². The molecule has 0 saturated heterocycles. The molecule has 0 heteroatoms. The summed E-state index contributed by atoms with van der Waals surface area (Å²) in [6, 6.07) is 76.2. The van der Waals surface area contributed by atoms with Crippen LogP contribution in [0.15, 0.2) is 230 Å². The van der Waals surface area contributed by atoms with Crippen molar-refractivity contribution in [1.29, 1.82) is 0 Å². The summed E-state index contributed by atoms with van der Waals surface area (Å²) in [5.41, 5.74) is 16.1. The second-order valence-corrected chi connectivity index (χ2v) is 19.2. The molecular formula is C68H44. The molecule has 0 spiro atoms. The van der Waals surface area contributed by atoms with Crippen molar-refractivity contribution in [3.63, 3.8) is 0 Å². The lowest BCUT2D eigenvalue weighted by Gasteiger charge is -2.26. The molecule has 13 aromatic carbocycles. The highest BCUT2D eigenvalue weighted by Gasteiger charge is 2.29. The van der Waals surface area contributed by atoms with Crippen molar-refractivity contribution in [2.45, 2.75) is 25.7 Å². The number of fused-ring (bicyclic) bond motifs is 11. The maximum atomic E-state index is 2.56. The van der Waals surface area contributed by atoms with Crippen LogP contribution in [0.4, 0.5) is 0 Å². The van der Waals surface area contributed by atoms with Crippen LogP contribution in [-0.2, 0) is 6.42 Å². The molecule has 0 N–H and O–H groups in total. The second-order valence-electron chi connectivity index (χ2n) is 19.2. The van der Waals surface area contributed by atoms with E-state index in [4.69, 9.17) is 0 Å². The molecule has 13 aromatic rings. The fourth-order valence-corrected chi connectivity index (χ4v) is 13.0. The molecule has 0 nitrogen and oxygen atoms in total. The summed E-state index contributed by atoms with van der Waals surface area (Å²) in [6.45, 7) is 0. The number of allylic oxidation sites excluding steroid dienone is 5. The standard InChI is InChI=1S/C68H44/c1-4-18-41(19-5-1)47-25-12-15-29-54(47)65-60-40-58-52-28-14-13-27-51(52)55-31-17-32-56(63(55)58)66(60)62(44-23-8-3-9-24-44)68-59-39-46-38-45(35-36-48(46)53-30-16-33-57(64(53)59)67(65)68)61-49-26-11-10-22-43(49)34-37-50(61)42-20-6-2-7-21-42/h1-6,8-20,22-33,35-36,38-40H,7,21,34,37H2.